The topological polar surface area (TPSA) is 0 Å². The van der Waals surface area contributed by atoms with Crippen LogP contribution in [0.15, 0.2) is 12.2 Å². The van der Waals surface area contributed by atoms with Gasteiger partial charge in [-0.3, -0.25) is 0 Å². The van der Waals surface area contributed by atoms with Crippen LogP contribution in [0.4, 0.5) is 51.8 Å². The van der Waals surface area contributed by atoms with Gasteiger partial charge >= 0.3 is 21.8 Å². The van der Waals surface area contributed by atoms with Gasteiger partial charge in [-0.2, -0.15) is 0 Å². The second-order valence-electron chi connectivity index (χ2n) is 2.15. The summed E-state index contributed by atoms with van der Waals surface area (Å²) in [6.07, 6.45) is 4.00. The first kappa shape index (κ1) is 26.6. The summed E-state index contributed by atoms with van der Waals surface area (Å²) in [5, 5.41) is 0. The summed E-state index contributed by atoms with van der Waals surface area (Å²) in [5.74, 6) is 0. The maximum Gasteiger partial charge on any atom is 0.673 e. The zero-order chi connectivity index (χ0) is 16.9. The van der Waals surface area contributed by atoms with Gasteiger partial charge in [0.25, 0.3) is 0 Å². The third-order valence-corrected chi connectivity index (χ3v) is 0.333. The lowest BCUT2D eigenvalue weighted by molar-refractivity contribution is 0.366. The lowest BCUT2D eigenvalue weighted by atomic mass is 10.3. The number of halogens is 12. The van der Waals surface area contributed by atoms with E-state index in [1.807, 2.05) is 26.0 Å². The summed E-state index contributed by atoms with van der Waals surface area (Å²) >= 11 is 0. The Hall–Kier alpha value is -0.905. The van der Waals surface area contributed by atoms with Crippen molar-refractivity contribution in [1.29, 1.82) is 0 Å². The molecule has 0 N–H and O–H groups in total. The molecule has 0 nitrogen and oxygen atoms in total. The first-order chi connectivity index (χ1) is 7.91. The molecule has 0 fully saturated rings. The lowest BCUT2D eigenvalue weighted by Crippen LogP contribution is -2.02. The highest BCUT2D eigenvalue weighted by Crippen LogP contribution is 2.07. The fourth-order valence-corrected chi connectivity index (χ4v) is 0. The number of hydrogen-bond donors (Lipinski definition) is 0. The van der Waals surface area contributed by atoms with Crippen LogP contribution in [0.2, 0.25) is 0 Å². The van der Waals surface area contributed by atoms with Crippen molar-refractivity contribution in [2.75, 3.05) is 0 Å². The van der Waals surface area contributed by atoms with E-state index in [0.29, 0.717) is 0 Å². The van der Waals surface area contributed by atoms with Gasteiger partial charge in [0, 0.05) is 0 Å². The average Bonchev–Trinajstić information content (AvgIpc) is 1.93. The minimum atomic E-state index is -6.00. The van der Waals surface area contributed by atoms with E-state index in [1.165, 1.54) is 0 Å². The Morgan fingerprint density at radius 1 is 0.421 bits per heavy atom. The minimum Gasteiger partial charge on any atom is -0.418 e. The van der Waals surface area contributed by atoms with E-state index in [2.05, 4.69) is 0 Å². The SMILES string of the molecule is CC=CC.F[B-](F)(F)F.F[B-](F)(F)F.F[B-](F)(F)F. The molecular formula is C4H8B3F12-3. The fraction of sp³-hybridized carbons (Fsp3) is 0.500. The van der Waals surface area contributed by atoms with Crippen molar-refractivity contribution in [3.8, 4) is 0 Å². The minimum absolute atomic E-state index is 2.00. The van der Waals surface area contributed by atoms with Gasteiger partial charge in [-0.1, -0.05) is 12.2 Å². The first-order valence-electron chi connectivity index (χ1n) is 4.11. The molecular weight excluding hydrogens is 308 g/mol. The average molecular weight is 317 g/mol. The maximum absolute atomic E-state index is 9.75. The summed E-state index contributed by atoms with van der Waals surface area (Å²) in [5.41, 5.74) is 0. The van der Waals surface area contributed by atoms with E-state index < -0.39 is 21.8 Å². The molecule has 0 spiro atoms. The molecule has 0 radical (unpaired) electrons. The highest BCUT2D eigenvalue weighted by atomic mass is 19.5. The summed E-state index contributed by atoms with van der Waals surface area (Å²) in [4.78, 5) is 0. The van der Waals surface area contributed by atoms with Crippen molar-refractivity contribution in [2.45, 2.75) is 13.8 Å². The highest BCUT2D eigenvalue weighted by Gasteiger charge is 2.21. The third kappa shape index (κ3) is 433000. The first-order valence-corrected chi connectivity index (χ1v) is 4.11. The van der Waals surface area contributed by atoms with Gasteiger partial charge in [-0.15, -0.1) is 0 Å². The van der Waals surface area contributed by atoms with Gasteiger partial charge in [-0.05, 0) is 13.8 Å². The Bertz CT molecular complexity index is 150. The molecule has 0 saturated carbocycles. The van der Waals surface area contributed by atoms with Crippen molar-refractivity contribution >= 4 is 21.8 Å². The van der Waals surface area contributed by atoms with E-state index in [-0.39, 0.29) is 0 Å². The second-order valence-corrected chi connectivity index (χ2v) is 2.15. The zero-order valence-electron chi connectivity index (χ0n) is 9.42. The van der Waals surface area contributed by atoms with E-state index in [9.17, 15) is 51.8 Å². The smallest absolute Gasteiger partial charge is 0.418 e. The van der Waals surface area contributed by atoms with Gasteiger partial charge in [0.2, 0.25) is 0 Å². The molecule has 0 aliphatic carbocycles. The summed E-state index contributed by atoms with van der Waals surface area (Å²) in [6, 6.07) is 0. The molecule has 0 aromatic rings. The van der Waals surface area contributed by atoms with Gasteiger partial charge in [0.05, 0.1) is 0 Å². The standard InChI is InChI=1S/C4H8.3BF4/c1-3-4-2;3*2-1(3,4)5/h3-4H,1-2H3;;;/q;3*-1. The van der Waals surface area contributed by atoms with Crippen LogP contribution in [0, 0.1) is 0 Å². The van der Waals surface area contributed by atoms with Crippen molar-refractivity contribution in [3.05, 3.63) is 12.2 Å². The van der Waals surface area contributed by atoms with E-state index in [4.69, 9.17) is 0 Å². The molecule has 0 heterocycles. The summed E-state index contributed by atoms with van der Waals surface area (Å²) in [6.45, 7) is 4.00. The van der Waals surface area contributed by atoms with Crippen molar-refractivity contribution in [1.82, 2.24) is 0 Å². The Morgan fingerprint density at radius 2 is 0.474 bits per heavy atom. The molecule has 120 valence electrons. The molecule has 0 rings (SSSR count). The van der Waals surface area contributed by atoms with Gasteiger partial charge in [0.15, 0.2) is 0 Å². The normalized spacial score (nSPS) is 11.5. The number of rotatable bonds is 0. The molecule has 0 amide bonds. The maximum atomic E-state index is 9.75. The Balaban J connectivity index is -0.0000000793. The Morgan fingerprint density at radius 3 is 0.474 bits per heavy atom. The molecule has 0 aliphatic heterocycles. The molecule has 0 saturated heterocycles. The quantitative estimate of drug-likeness (QED) is 0.315. The number of allylic oxidation sites excluding steroid dienone is 2. The fourth-order valence-electron chi connectivity index (χ4n) is 0. The molecule has 0 aliphatic rings. The Kier molecular flexibility index (Phi) is 17.0. The van der Waals surface area contributed by atoms with Crippen LogP contribution in [-0.4, -0.2) is 21.8 Å². The van der Waals surface area contributed by atoms with Gasteiger partial charge < -0.3 is 51.8 Å². The van der Waals surface area contributed by atoms with Crippen LogP contribution in [0.5, 0.6) is 0 Å². The van der Waals surface area contributed by atoms with Crippen molar-refractivity contribution < 1.29 is 51.8 Å². The molecule has 0 unspecified atom stereocenters. The highest BCUT2D eigenvalue weighted by molar-refractivity contribution is 6.50. The molecule has 0 bridgehead atoms. The van der Waals surface area contributed by atoms with Crippen molar-refractivity contribution in [2.24, 2.45) is 0 Å². The number of hydrogen-bond acceptors (Lipinski definition) is 0. The van der Waals surface area contributed by atoms with Crippen LogP contribution in [-0.2, 0) is 0 Å². The largest absolute Gasteiger partial charge is 0.673 e. The molecule has 19 heavy (non-hydrogen) atoms. The predicted molar refractivity (Wildman–Crippen MR) is 51.0 cm³/mol. The Labute approximate surface area is 101 Å². The molecule has 0 aromatic heterocycles. The molecule has 0 aromatic carbocycles. The van der Waals surface area contributed by atoms with Gasteiger partial charge in [0.1, 0.15) is 0 Å². The second kappa shape index (κ2) is 12.1. The monoisotopic (exact) mass is 317 g/mol. The lowest BCUT2D eigenvalue weighted by Gasteiger charge is -1.94. The summed E-state index contributed by atoms with van der Waals surface area (Å²) < 4.78 is 117. The van der Waals surface area contributed by atoms with E-state index in [0.717, 1.165) is 0 Å². The van der Waals surface area contributed by atoms with Crippen LogP contribution < -0.4 is 0 Å². The van der Waals surface area contributed by atoms with Crippen molar-refractivity contribution in [3.63, 3.8) is 0 Å². The molecule has 15 heteroatoms. The van der Waals surface area contributed by atoms with E-state index in [1.54, 1.807) is 0 Å². The summed E-state index contributed by atoms with van der Waals surface area (Å²) in [7, 11) is -18.0. The zero-order valence-corrected chi connectivity index (χ0v) is 9.42. The van der Waals surface area contributed by atoms with Crippen LogP contribution in [0.25, 0.3) is 0 Å². The van der Waals surface area contributed by atoms with Crippen LogP contribution >= 0.6 is 0 Å². The van der Waals surface area contributed by atoms with Crippen LogP contribution in [0.3, 0.4) is 0 Å². The van der Waals surface area contributed by atoms with Crippen LogP contribution in [0.1, 0.15) is 13.8 Å². The molecule has 0 atom stereocenters. The van der Waals surface area contributed by atoms with Gasteiger partial charge in [-0.25, -0.2) is 0 Å². The predicted octanol–water partition coefficient (Wildman–Crippen LogP) is 5.48. The van der Waals surface area contributed by atoms with E-state index >= 15 is 0 Å². The third-order valence-electron chi connectivity index (χ3n) is 0.333.